The molecule has 1 aromatic heterocycles. The molecule has 1 saturated heterocycles. The standard InChI is InChI=1S/C18H17F3N4O2/c1-10-3-8-14(24-23-10)22-16(26)15-13(9-25(2)17(15)27)11-4-6-12(7-5-11)18(19,20)21/h3-8,13,15H,9H2,1-2H3,(H,22,24,26)/t13-,15+/m0/s1. The van der Waals surface area contributed by atoms with Crippen LogP contribution in [0.3, 0.4) is 0 Å². The maximum Gasteiger partial charge on any atom is 0.416 e. The summed E-state index contributed by atoms with van der Waals surface area (Å²) in [5, 5.41) is 10.2. The van der Waals surface area contributed by atoms with E-state index in [0.29, 0.717) is 11.3 Å². The number of anilines is 1. The Bertz CT molecular complexity index is 850. The van der Waals surface area contributed by atoms with Gasteiger partial charge in [0.25, 0.3) is 0 Å². The highest BCUT2D eigenvalue weighted by atomic mass is 19.4. The Balaban J connectivity index is 1.84. The van der Waals surface area contributed by atoms with E-state index >= 15 is 0 Å². The second kappa shape index (κ2) is 6.98. The number of carbonyl (C=O) groups is 2. The van der Waals surface area contributed by atoms with E-state index in [9.17, 15) is 22.8 Å². The van der Waals surface area contributed by atoms with Crippen LogP contribution < -0.4 is 5.32 Å². The molecule has 0 radical (unpaired) electrons. The summed E-state index contributed by atoms with van der Waals surface area (Å²) in [6.45, 7) is 1.98. The molecule has 3 rings (SSSR count). The van der Waals surface area contributed by atoms with E-state index in [1.54, 1.807) is 26.1 Å². The smallest absolute Gasteiger partial charge is 0.344 e. The van der Waals surface area contributed by atoms with E-state index in [2.05, 4.69) is 15.5 Å². The van der Waals surface area contributed by atoms with Gasteiger partial charge in [-0.05, 0) is 36.8 Å². The Labute approximate surface area is 153 Å². The maximum atomic E-state index is 12.8. The largest absolute Gasteiger partial charge is 0.416 e. The molecule has 1 N–H and O–H groups in total. The van der Waals surface area contributed by atoms with Gasteiger partial charge in [0.05, 0.1) is 11.3 Å². The molecule has 1 aliphatic rings. The normalized spacial score (nSPS) is 20.0. The number of halogens is 3. The number of nitrogens with zero attached hydrogens (tertiary/aromatic N) is 3. The highest BCUT2D eigenvalue weighted by Crippen LogP contribution is 2.36. The first-order valence-electron chi connectivity index (χ1n) is 8.20. The fourth-order valence-electron chi connectivity index (χ4n) is 3.08. The molecule has 0 bridgehead atoms. The van der Waals surface area contributed by atoms with E-state index in [0.717, 1.165) is 12.1 Å². The van der Waals surface area contributed by atoms with Crippen LogP contribution >= 0.6 is 0 Å². The minimum Gasteiger partial charge on any atom is -0.344 e. The van der Waals surface area contributed by atoms with Crippen molar-refractivity contribution in [1.29, 1.82) is 0 Å². The predicted molar refractivity (Wildman–Crippen MR) is 90.7 cm³/mol. The van der Waals surface area contributed by atoms with E-state index in [1.165, 1.54) is 17.0 Å². The molecule has 1 aromatic carbocycles. The third-order valence-electron chi connectivity index (χ3n) is 4.51. The zero-order chi connectivity index (χ0) is 19.8. The quantitative estimate of drug-likeness (QED) is 0.834. The summed E-state index contributed by atoms with van der Waals surface area (Å²) in [5.74, 6) is -2.35. The van der Waals surface area contributed by atoms with Gasteiger partial charge in [0, 0.05) is 19.5 Å². The summed E-state index contributed by atoms with van der Waals surface area (Å²) < 4.78 is 38.3. The van der Waals surface area contributed by atoms with Gasteiger partial charge in [-0.25, -0.2) is 0 Å². The van der Waals surface area contributed by atoms with Crippen molar-refractivity contribution in [3.8, 4) is 0 Å². The van der Waals surface area contributed by atoms with Crippen molar-refractivity contribution >= 4 is 17.6 Å². The Morgan fingerprint density at radius 3 is 2.37 bits per heavy atom. The summed E-state index contributed by atoms with van der Waals surface area (Å²) in [5.41, 5.74) is 0.392. The second-order valence-electron chi connectivity index (χ2n) is 6.47. The van der Waals surface area contributed by atoms with Crippen LogP contribution in [0.2, 0.25) is 0 Å². The van der Waals surface area contributed by atoms with E-state index < -0.39 is 35.4 Å². The zero-order valence-corrected chi connectivity index (χ0v) is 14.6. The molecule has 9 heteroatoms. The second-order valence-corrected chi connectivity index (χ2v) is 6.47. The molecule has 2 atom stereocenters. The fourth-order valence-corrected chi connectivity index (χ4v) is 3.08. The van der Waals surface area contributed by atoms with Gasteiger partial charge in [0.2, 0.25) is 11.8 Å². The van der Waals surface area contributed by atoms with Crippen LogP contribution in [0.25, 0.3) is 0 Å². The molecule has 0 spiro atoms. The third kappa shape index (κ3) is 3.91. The Kier molecular flexibility index (Phi) is 4.86. The molecule has 2 aromatic rings. The minimum absolute atomic E-state index is 0.208. The maximum absolute atomic E-state index is 12.8. The van der Waals surface area contributed by atoms with Gasteiger partial charge in [-0.15, -0.1) is 5.10 Å². The highest BCUT2D eigenvalue weighted by Gasteiger charge is 2.44. The van der Waals surface area contributed by atoms with Gasteiger partial charge >= 0.3 is 6.18 Å². The summed E-state index contributed by atoms with van der Waals surface area (Å²) in [7, 11) is 1.55. The van der Waals surface area contributed by atoms with Crippen LogP contribution in [0.5, 0.6) is 0 Å². The van der Waals surface area contributed by atoms with E-state index in [1.807, 2.05) is 0 Å². The predicted octanol–water partition coefficient (Wildman–Crippen LogP) is 2.61. The fraction of sp³-hybridized carbons (Fsp3) is 0.333. The molecule has 2 heterocycles. The molecule has 1 aliphatic heterocycles. The molecule has 0 saturated carbocycles. The number of hydrogen-bond acceptors (Lipinski definition) is 4. The van der Waals surface area contributed by atoms with Crippen LogP contribution in [-0.4, -0.2) is 40.5 Å². The van der Waals surface area contributed by atoms with Crippen molar-refractivity contribution in [1.82, 2.24) is 15.1 Å². The van der Waals surface area contributed by atoms with Gasteiger partial charge in [0.15, 0.2) is 5.82 Å². The van der Waals surface area contributed by atoms with E-state index in [-0.39, 0.29) is 12.4 Å². The first-order chi connectivity index (χ1) is 12.7. The monoisotopic (exact) mass is 378 g/mol. The number of likely N-dealkylation sites (N-methyl/N-ethyl adjacent to an activating group) is 1. The molecule has 6 nitrogen and oxygen atoms in total. The number of hydrogen-bond donors (Lipinski definition) is 1. The van der Waals surface area contributed by atoms with Gasteiger partial charge in [0.1, 0.15) is 5.92 Å². The first kappa shape index (κ1) is 18.8. The first-order valence-corrected chi connectivity index (χ1v) is 8.20. The lowest BCUT2D eigenvalue weighted by Gasteiger charge is -2.17. The SMILES string of the molecule is Cc1ccc(NC(=O)[C@@H]2C(=O)N(C)C[C@H]2c2ccc(C(F)(F)F)cc2)nn1. The number of likely N-dealkylation sites (tertiary alicyclic amines) is 1. The zero-order valence-electron chi connectivity index (χ0n) is 14.6. The highest BCUT2D eigenvalue weighted by molar-refractivity contribution is 6.08. The van der Waals surface area contributed by atoms with Crippen molar-refractivity contribution in [3.05, 3.63) is 53.2 Å². The lowest BCUT2D eigenvalue weighted by molar-refractivity contribution is -0.138. The molecule has 27 heavy (non-hydrogen) atoms. The van der Waals surface area contributed by atoms with Crippen LogP contribution in [-0.2, 0) is 15.8 Å². The molecular formula is C18H17F3N4O2. The minimum atomic E-state index is -4.44. The number of aryl methyl sites for hydroxylation is 1. The topological polar surface area (TPSA) is 75.2 Å². The van der Waals surface area contributed by atoms with Crippen LogP contribution in [0, 0.1) is 12.8 Å². The lowest BCUT2D eigenvalue weighted by Crippen LogP contribution is -2.33. The summed E-state index contributed by atoms with van der Waals surface area (Å²) in [6.07, 6.45) is -4.44. The number of amides is 2. The average Bonchev–Trinajstić information content (AvgIpc) is 2.91. The van der Waals surface area contributed by atoms with Crippen LogP contribution in [0.4, 0.5) is 19.0 Å². The Morgan fingerprint density at radius 2 is 1.81 bits per heavy atom. The van der Waals surface area contributed by atoms with Crippen LogP contribution in [0.1, 0.15) is 22.7 Å². The van der Waals surface area contributed by atoms with Gasteiger partial charge in [-0.1, -0.05) is 12.1 Å². The number of aromatic nitrogens is 2. The summed E-state index contributed by atoms with van der Waals surface area (Å²) in [4.78, 5) is 26.5. The van der Waals surface area contributed by atoms with Crippen molar-refractivity contribution in [2.24, 2.45) is 5.92 Å². The van der Waals surface area contributed by atoms with Crippen molar-refractivity contribution < 1.29 is 22.8 Å². The molecular weight excluding hydrogens is 361 g/mol. The van der Waals surface area contributed by atoms with Crippen LogP contribution in [0.15, 0.2) is 36.4 Å². The van der Waals surface area contributed by atoms with Gasteiger partial charge in [-0.2, -0.15) is 18.3 Å². The van der Waals surface area contributed by atoms with Gasteiger partial charge in [-0.3, -0.25) is 9.59 Å². The average molecular weight is 378 g/mol. The molecule has 2 amide bonds. The molecule has 0 aliphatic carbocycles. The van der Waals surface area contributed by atoms with Crippen molar-refractivity contribution in [3.63, 3.8) is 0 Å². The molecule has 0 unspecified atom stereocenters. The number of rotatable bonds is 3. The summed E-state index contributed by atoms with van der Waals surface area (Å²) >= 11 is 0. The number of carbonyl (C=O) groups excluding carboxylic acids is 2. The lowest BCUT2D eigenvalue weighted by atomic mass is 9.87. The van der Waals surface area contributed by atoms with Crippen molar-refractivity contribution in [2.75, 3.05) is 18.9 Å². The van der Waals surface area contributed by atoms with E-state index in [4.69, 9.17) is 0 Å². The molecule has 142 valence electrons. The number of nitrogens with one attached hydrogen (secondary N) is 1. The number of alkyl halides is 3. The third-order valence-corrected chi connectivity index (χ3v) is 4.51. The Hall–Kier alpha value is -2.97. The van der Waals surface area contributed by atoms with Crippen molar-refractivity contribution in [2.45, 2.75) is 19.0 Å². The summed E-state index contributed by atoms with van der Waals surface area (Å²) in [6, 6.07) is 7.77. The van der Waals surface area contributed by atoms with Gasteiger partial charge < -0.3 is 10.2 Å². The number of benzene rings is 1. The molecule has 1 fully saturated rings. The Morgan fingerprint density at radius 1 is 1.15 bits per heavy atom.